The molecule has 0 bridgehead atoms. The molecule has 1 fully saturated rings. The van der Waals surface area contributed by atoms with Gasteiger partial charge >= 0.3 is 0 Å². The maximum atomic E-state index is 2.59. The van der Waals surface area contributed by atoms with Crippen molar-refractivity contribution in [1.29, 1.82) is 0 Å². The molecule has 1 heteroatoms. The Labute approximate surface area is 71.5 Å². The zero-order valence-electron chi connectivity index (χ0n) is 6.66. The van der Waals surface area contributed by atoms with Crippen LogP contribution in [0.1, 0.15) is 34.1 Å². The van der Waals surface area contributed by atoms with Crippen LogP contribution in [0.15, 0.2) is 0 Å². The average Bonchev–Trinajstić information content (AvgIpc) is 2.16. The second kappa shape index (κ2) is 1.86. The van der Waals surface area contributed by atoms with Crippen LogP contribution in [-0.4, -0.2) is 3.42 Å². The molecule has 0 nitrogen and oxygen atoms in total. The van der Waals surface area contributed by atoms with Crippen molar-refractivity contribution in [2.75, 3.05) is 0 Å². The molecule has 0 spiro atoms. The third-order valence-corrected chi connectivity index (χ3v) is 5.70. The highest BCUT2D eigenvalue weighted by atomic mass is 127. The van der Waals surface area contributed by atoms with Crippen molar-refractivity contribution in [2.24, 2.45) is 11.3 Å². The van der Waals surface area contributed by atoms with Crippen molar-refractivity contribution in [3.8, 4) is 0 Å². The standard InChI is InChI=1S/C8H15I/c1-5-7(3)6(2)8(7,4)9/h6H,5H2,1-4H3/t6?,7-,8+/m0/s1. The molecule has 54 valence electrons. The highest BCUT2D eigenvalue weighted by molar-refractivity contribution is 14.1. The molecule has 0 aromatic rings. The summed E-state index contributed by atoms with van der Waals surface area (Å²) in [6, 6.07) is 0. The molecule has 9 heavy (non-hydrogen) atoms. The first-order chi connectivity index (χ1) is 3.97. The molecule has 0 saturated heterocycles. The highest BCUT2D eigenvalue weighted by Gasteiger charge is 2.65. The minimum Gasteiger partial charge on any atom is -0.0783 e. The maximum Gasteiger partial charge on any atom is 0.0281 e. The van der Waals surface area contributed by atoms with E-state index in [4.69, 9.17) is 0 Å². The van der Waals surface area contributed by atoms with Crippen LogP contribution >= 0.6 is 22.6 Å². The molecule has 1 aliphatic rings. The zero-order valence-corrected chi connectivity index (χ0v) is 8.82. The van der Waals surface area contributed by atoms with E-state index in [9.17, 15) is 0 Å². The molecule has 3 atom stereocenters. The monoisotopic (exact) mass is 238 g/mol. The van der Waals surface area contributed by atoms with E-state index in [-0.39, 0.29) is 0 Å². The summed E-state index contributed by atoms with van der Waals surface area (Å²) in [6.07, 6.45) is 1.33. The Morgan fingerprint density at radius 1 is 1.44 bits per heavy atom. The molecule has 1 aliphatic carbocycles. The number of rotatable bonds is 1. The second-order valence-electron chi connectivity index (χ2n) is 3.57. The molecule has 1 saturated carbocycles. The van der Waals surface area contributed by atoms with E-state index in [1.165, 1.54) is 6.42 Å². The fourth-order valence-electron chi connectivity index (χ4n) is 1.74. The van der Waals surface area contributed by atoms with Gasteiger partial charge in [0.25, 0.3) is 0 Å². The molecule has 0 radical (unpaired) electrons. The highest BCUT2D eigenvalue weighted by Crippen LogP contribution is 2.68. The van der Waals surface area contributed by atoms with Gasteiger partial charge < -0.3 is 0 Å². The molecule has 0 aliphatic heterocycles. The Kier molecular flexibility index (Phi) is 1.62. The van der Waals surface area contributed by atoms with E-state index < -0.39 is 0 Å². The largest absolute Gasteiger partial charge is 0.0783 e. The van der Waals surface area contributed by atoms with Crippen molar-refractivity contribution in [2.45, 2.75) is 37.5 Å². The van der Waals surface area contributed by atoms with Gasteiger partial charge in [-0.05, 0) is 24.7 Å². The van der Waals surface area contributed by atoms with E-state index >= 15 is 0 Å². The first-order valence-electron chi connectivity index (χ1n) is 3.65. The SMILES string of the molecule is CC[C@@]1(C)C(C)[C@@]1(C)I. The minimum atomic E-state index is 0.583. The Balaban J connectivity index is 2.70. The molecule has 1 unspecified atom stereocenters. The Bertz CT molecular complexity index is 129. The first-order valence-corrected chi connectivity index (χ1v) is 4.73. The van der Waals surface area contributed by atoms with Crippen molar-refractivity contribution in [3.05, 3.63) is 0 Å². The van der Waals surface area contributed by atoms with Gasteiger partial charge in [0.05, 0.1) is 0 Å². The van der Waals surface area contributed by atoms with Crippen LogP contribution in [-0.2, 0) is 0 Å². The minimum absolute atomic E-state index is 0.583. The van der Waals surface area contributed by atoms with Gasteiger partial charge in [-0.15, -0.1) is 0 Å². The lowest BCUT2D eigenvalue weighted by Crippen LogP contribution is -2.03. The predicted molar refractivity (Wildman–Crippen MR) is 50.0 cm³/mol. The lowest BCUT2D eigenvalue weighted by molar-refractivity contribution is 0.490. The van der Waals surface area contributed by atoms with Gasteiger partial charge in [0.2, 0.25) is 0 Å². The summed E-state index contributed by atoms with van der Waals surface area (Å²) >= 11 is 2.59. The summed E-state index contributed by atoms with van der Waals surface area (Å²) in [5.74, 6) is 0.913. The summed E-state index contributed by atoms with van der Waals surface area (Å²) in [7, 11) is 0. The van der Waals surface area contributed by atoms with Crippen LogP contribution in [0.4, 0.5) is 0 Å². The van der Waals surface area contributed by atoms with Crippen LogP contribution in [0.3, 0.4) is 0 Å². The van der Waals surface area contributed by atoms with E-state index in [2.05, 4.69) is 50.3 Å². The summed E-state index contributed by atoms with van der Waals surface area (Å²) in [5.41, 5.74) is 0.633. The van der Waals surface area contributed by atoms with Crippen LogP contribution in [0.5, 0.6) is 0 Å². The normalized spacial score (nSPS) is 57.7. The van der Waals surface area contributed by atoms with Gasteiger partial charge in [-0.2, -0.15) is 0 Å². The van der Waals surface area contributed by atoms with E-state index in [0.717, 1.165) is 5.92 Å². The summed E-state index contributed by atoms with van der Waals surface area (Å²) in [4.78, 5) is 0. The maximum absolute atomic E-state index is 2.59. The lowest BCUT2D eigenvalue weighted by Gasteiger charge is -2.08. The Morgan fingerprint density at radius 2 is 1.78 bits per heavy atom. The third kappa shape index (κ3) is 0.765. The van der Waals surface area contributed by atoms with Gasteiger partial charge in [-0.3, -0.25) is 0 Å². The van der Waals surface area contributed by atoms with E-state index in [1.807, 2.05) is 0 Å². The summed E-state index contributed by atoms with van der Waals surface area (Å²) in [6.45, 7) is 9.40. The third-order valence-electron chi connectivity index (χ3n) is 3.54. The van der Waals surface area contributed by atoms with Crippen molar-refractivity contribution >= 4 is 22.6 Å². The molecule has 0 aromatic heterocycles. The number of hydrogen-bond acceptors (Lipinski definition) is 0. The number of hydrogen-bond donors (Lipinski definition) is 0. The van der Waals surface area contributed by atoms with Crippen LogP contribution < -0.4 is 0 Å². The molecule has 0 N–H and O–H groups in total. The van der Waals surface area contributed by atoms with Crippen LogP contribution in [0.2, 0.25) is 0 Å². The number of halogens is 1. The van der Waals surface area contributed by atoms with Gasteiger partial charge in [-0.1, -0.05) is 43.4 Å². The fourth-order valence-corrected chi connectivity index (χ4v) is 3.12. The smallest absolute Gasteiger partial charge is 0.0281 e. The molecule has 0 heterocycles. The second-order valence-corrected chi connectivity index (χ2v) is 5.81. The van der Waals surface area contributed by atoms with E-state index in [1.54, 1.807) is 0 Å². The quantitative estimate of drug-likeness (QED) is 0.486. The Morgan fingerprint density at radius 3 is 1.78 bits per heavy atom. The van der Waals surface area contributed by atoms with Crippen LogP contribution in [0.25, 0.3) is 0 Å². The fraction of sp³-hybridized carbons (Fsp3) is 1.00. The van der Waals surface area contributed by atoms with Crippen molar-refractivity contribution in [1.82, 2.24) is 0 Å². The molecule has 0 amide bonds. The van der Waals surface area contributed by atoms with E-state index in [0.29, 0.717) is 8.84 Å². The molecular formula is C8H15I. The van der Waals surface area contributed by atoms with Crippen molar-refractivity contribution < 1.29 is 0 Å². The van der Waals surface area contributed by atoms with Gasteiger partial charge in [0.15, 0.2) is 0 Å². The summed E-state index contributed by atoms with van der Waals surface area (Å²) in [5, 5.41) is 0. The number of alkyl halides is 1. The van der Waals surface area contributed by atoms with Gasteiger partial charge in [0.1, 0.15) is 0 Å². The lowest BCUT2D eigenvalue weighted by atomic mass is 10.0. The van der Waals surface area contributed by atoms with Crippen molar-refractivity contribution in [3.63, 3.8) is 0 Å². The van der Waals surface area contributed by atoms with Gasteiger partial charge in [-0.25, -0.2) is 0 Å². The molecule has 1 rings (SSSR count). The molecular weight excluding hydrogens is 223 g/mol. The van der Waals surface area contributed by atoms with Gasteiger partial charge in [0, 0.05) is 3.42 Å². The predicted octanol–water partition coefficient (Wildman–Crippen LogP) is 3.25. The molecule has 0 aromatic carbocycles. The topological polar surface area (TPSA) is 0 Å². The zero-order chi connectivity index (χ0) is 7.28. The van der Waals surface area contributed by atoms with Crippen LogP contribution in [0, 0.1) is 11.3 Å². The average molecular weight is 238 g/mol. The summed E-state index contributed by atoms with van der Waals surface area (Å²) < 4.78 is 0.583. The Hall–Kier alpha value is 0.730. The first kappa shape index (κ1) is 7.83.